The van der Waals surface area contributed by atoms with Crippen LogP contribution in [0.1, 0.15) is 50.0 Å². The van der Waals surface area contributed by atoms with E-state index < -0.39 is 5.91 Å². The minimum Gasteiger partial charge on any atom is -0.366 e. The van der Waals surface area contributed by atoms with Crippen LogP contribution in [0, 0.1) is 6.92 Å². The Morgan fingerprint density at radius 3 is 2.59 bits per heavy atom. The molecule has 3 aromatic rings. The van der Waals surface area contributed by atoms with Crippen LogP contribution in [-0.4, -0.2) is 34.8 Å². The van der Waals surface area contributed by atoms with Crippen LogP contribution >= 0.6 is 11.3 Å². The fourth-order valence-corrected chi connectivity index (χ4v) is 4.62. The largest absolute Gasteiger partial charge is 0.366 e. The molecule has 0 spiro atoms. The van der Waals surface area contributed by atoms with Crippen molar-refractivity contribution < 1.29 is 9.59 Å². The summed E-state index contributed by atoms with van der Waals surface area (Å²) < 4.78 is 0. The number of hydrogen-bond donors (Lipinski definition) is 1. The Bertz CT molecular complexity index is 1020. The summed E-state index contributed by atoms with van der Waals surface area (Å²) in [7, 11) is 0. The molecule has 6 heteroatoms. The summed E-state index contributed by atoms with van der Waals surface area (Å²) in [6.07, 6.45) is 1.56. The molecule has 1 aliphatic heterocycles. The van der Waals surface area contributed by atoms with Gasteiger partial charge in [-0.2, -0.15) is 0 Å². The van der Waals surface area contributed by atoms with Gasteiger partial charge in [0.25, 0.3) is 11.8 Å². The topological polar surface area (TPSA) is 76.3 Å². The smallest absolute Gasteiger partial charge is 0.264 e. The molecule has 0 atom stereocenters. The van der Waals surface area contributed by atoms with Gasteiger partial charge in [-0.25, -0.2) is 0 Å². The first-order chi connectivity index (χ1) is 13.0. The number of rotatable bonds is 3. The van der Waals surface area contributed by atoms with E-state index in [1.165, 1.54) is 11.3 Å². The van der Waals surface area contributed by atoms with Crippen molar-refractivity contribution in [1.82, 2.24) is 9.88 Å². The lowest BCUT2D eigenvalue weighted by molar-refractivity contribution is 0.0715. The van der Waals surface area contributed by atoms with E-state index >= 15 is 0 Å². The zero-order chi connectivity index (χ0) is 19.0. The third-order valence-corrected chi connectivity index (χ3v) is 6.25. The van der Waals surface area contributed by atoms with E-state index in [1.807, 2.05) is 53.6 Å². The number of likely N-dealkylation sites (tertiary alicyclic amines) is 1. The Morgan fingerprint density at radius 2 is 1.93 bits per heavy atom. The second kappa shape index (κ2) is 7.12. The third kappa shape index (κ3) is 3.32. The van der Waals surface area contributed by atoms with Crippen LogP contribution in [0.2, 0.25) is 0 Å². The summed E-state index contributed by atoms with van der Waals surface area (Å²) in [5, 5.41) is 2.86. The molecule has 4 rings (SSSR count). The number of carbonyl (C=O) groups excluding carboxylic acids is 2. The molecule has 2 aromatic heterocycles. The molecule has 0 bridgehead atoms. The SMILES string of the molecule is Cc1ccsc1C(=O)N1CCC(c2nc3ccccc3cc2C(N)=O)CC1. The predicted molar refractivity (Wildman–Crippen MR) is 107 cm³/mol. The van der Waals surface area contributed by atoms with Gasteiger partial charge in [0, 0.05) is 24.4 Å². The number of aryl methyl sites for hydroxylation is 1. The van der Waals surface area contributed by atoms with Crippen molar-refractivity contribution in [2.75, 3.05) is 13.1 Å². The maximum absolute atomic E-state index is 12.7. The fraction of sp³-hybridized carbons (Fsp3) is 0.286. The van der Waals surface area contributed by atoms with Gasteiger partial charge in [0.05, 0.1) is 21.7 Å². The first-order valence-electron chi connectivity index (χ1n) is 9.07. The van der Waals surface area contributed by atoms with Gasteiger partial charge in [-0.05, 0) is 48.9 Å². The summed E-state index contributed by atoms with van der Waals surface area (Å²) in [6, 6.07) is 11.6. The number of amides is 2. The second-order valence-electron chi connectivity index (χ2n) is 6.98. The number of fused-ring (bicyclic) bond motifs is 1. The van der Waals surface area contributed by atoms with Crippen LogP contribution in [0.3, 0.4) is 0 Å². The normalized spacial score (nSPS) is 15.2. The van der Waals surface area contributed by atoms with Crippen LogP contribution in [0.5, 0.6) is 0 Å². The van der Waals surface area contributed by atoms with E-state index in [1.54, 1.807) is 0 Å². The summed E-state index contributed by atoms with van der Waals surface area (Å²) >= 11 is 1.49. The third-order valence-electron chi connectivity index (χ3n) is 5.24. The molecule has 0 radical (unpaired) electrons. The predicted octanol–water partition coefficient (Wildman–Crippen LogP) is 3.72. The van der Waals surface area contributed by atoms with Crippen LogP contribution in [-0.2, 0) is 0 Å². The van der Waals surface area contributed by atoms with Crippen molar-refractivity contribution in [1.29, 1.82) is 0 Å². The zero-order valence-corrected chi connectivity index (χ0v) is 16.0. The molecular weight excluding hydrogens is 358 g/mol. The Morgan fingerprint density at radius 1 is 1.19 bits per heavy atom. The summed E-state index contributed by atoms with van der Waals surface area (Å²) in [5.41, 5.74) is 8.78. The van der Waals surface area contributed by atoms with Crippen molar-refractivity contribution >= 4 is 34.1 Å². The van der Waals surface area contributed by atoms with Gasteiger partial charge in [-0.15, -0.1) is 11.3 Å². The fourth-order valence-electron chi connectivity index (χ4n) is 3.73. The number of pyridine rings is 1. The van der Waals surface area contributed by atoms with Crippen molar-refractivity contribution in [2.24, 2.45) is 5.73 Å². The number of nitrogens with two attached hydrogens (primary N) is 1. The summed E-state index contributed by atoms with van der Waals surface area (Å²) in [6.45, 7) is 3.29. The van der Waals surface area contributed by atoms with Gasteiger partial charge < -0.3 is 10.6 Å². The average molecular weight is 379 g/mol. The van der Waals surface area contributed by atoms with Gasteiger partial charge in [-0.3, -0.25) is 14.6 Å². The van der Waals surface area contributed by atoms with E-state index in [4.69, 9.17) is 10.7 Å². The zero-order valence-electron chi connectivity index (χ0n) is 15.1. The summed E-state index contributed by atoms with van der Waals surface area (Å²) in [5.74, 6) is -0.218. The monoisotopic (exact) mass is 379 g/mol. The molecule has 0 saturated carbocycles. The van der Waals surface area contributed by atoms with Crippen LogP contribution in [0.15, 0.2) is 41.8 Å². The molecule has 2 amide bonds. The first kappa shape index (κ1) is 17.7. The molecular formula is C21H21N3O2S. The molecule has 5 nitrogen and oxygen atoms in total. The maximum Gasteiger partial charge on any atom is 0.264 e. The number of carbonyl (C=O) groups is 2. The lowest BCUT2D eigenvalue weighted by Crippen LogP contribution is -2.38. The average Bonchev–Trinajstić information content (AvgIpc) is 3.12. The minimum absolute atomic E-state index is 0.0996. The summed E-state index contributed by atoms with van der Waals surface area (Å²) in [4.78, 5) is 32.2. The number of benzene rings is 1. The number of primary amides is 1. The highest BCUT2D eigenvalue weighted by Gasteiger charge is 2.29. The Kier molecular flexibility index (Phi) is 4.66. The lowest BCUT2D eigenvalue weighted by Gasteiger charge is -2.32. The van der Waals surface area contributed by atoms with Gasteiger partial charge in [0.2, 0.25) is 0 Å². The van der Waals surface area contributed by atoms with Crippen molar-refractivity contribution in [2.45, 2.75) is 25.7 Å². The number of aromatic nitrogens is 1. The van der Waals surface area contributed by atoms with E-state index in [0.29, 0.717) is 18.7 Å². The molecule has 3 heterocycles. The quantitative estimate of drug-likeness (QED) is 0.753. The van der Waals surface area contributed by atoms with E-state index in [9.17, 15) is 9.59 Å². The Hall–Kier alpha value is -2.73. The second-order valence-corrected chi connectivity index (χ2v) is 7.89. The molecule has 1 saturated heterocycles. The number of hydrogen-bond acceptors (Lipinski definition) is 4. The first-order valence-corrected chi connectivity index (χ1v) is 9.95. The van der Waals surface area contributed by atoms with Gasteiger partial charge in [0.15, 0.2) is 0 Å². The van der Waals surface area contributed by atoms with E-state index in [0.717, 1.165) is 39.9 Å². The van der Waals surface area contributed by atoms with Crippen LogP contribution < -0.4 is 5.73 Å². The molecule has 0 unspecified atom stereocenters. The molecule has 1 fully saturated rings. The minimum atomic E-state index is -0.448. The molecule has 27 heavy (non-hydrogen) atoms. The lowest BCUT2D eigenvalue weighted by atomic mass is 9.89. The maximum atomic E-state index is 12.7. The number of piperidine rings is 1. The van der Waals surface area contributed by atoms with E-state index in [2.05, 4.69) is 0 Å². The van der Waals surface area contributed by atoms with Crippen molar-refractivity contribution in [3.05, 3.63) is 63.5 Å². The molecule has 2 N–H and O–H groups in total. The van der Waals surface area contributed by atoms with E-state index in [-0.39, 0.29) is 11.8 Å². The van der Waals surface area contributed by atoms with Gasteiger partial charge >= 0.3 is 0 Å². The molecule has 1 aromatic carbocycles. The van der Waals surface area contributed by atoms with Gasteiger partial charge in [0.1, 0.15) is 0 Å². The molecule has 138 valence electrons. The van der Waals surface area contributed by atoms with Crippen molar-refractivity contribution in [3.63, 3.8) is 0 Å². The Labute approximate surface area is 161 Å². The van der Waals surface area contributed by atoms with Gasteiger partial charge in [-0.1, -0.05) is 18.2 Å². The highest BCUT2D eigenvalue weighted by molar-refractivity contribution is 7.12. The van der Waals surface area contributed by atoms with Crippen LogP contribution in [0.25, 0.3) is 10.9 Å². The van der Waals surface area contributed by atoms with Crippen molar-refractivity contribution in [3.8, 4) is 0 Å². The standard InChI is InChI=1S/C21H21N3O2S/c1-13-8-11-27-19(13)21(26)24-9-6-14(7-10-24)18-16(20(22)25)12-15-4-2-3-5-17(15)23-18/h2-5,8,11-12,14H,6-7,9-10H2,1H3,(H2,22,25). The molecule has 1 aliphatic rings. The number of para-hydroxylation sites is 1. The highest BCUT2D eigenvalue weighted by Crippen LogP contribution is 2.32. The van der Waals surface area contributed by atoms with Crippen LogP contribution in [0.4, 0.5) is 0 Å². The number of thiophene rings is 1. The highest BCUT2D eigenvalue weighted by atomic mass is 32.1. The Balaban J connectivity index is 1.57. The number of nitrogens with zero attached hydrogens (tertiary/aromatic N) is 2. The molecule has 0 aliphatic carbocycles.